The predicted octanol–water partition coefficient (Wildman–Crippen LogP) is 1.25. The maximum Gasteiger partial charge on any atom is 0.317 e. The van der Waals surface area contributed by atoms with Crippen molar-refractivity contribution in [1.82, 2.24) is 20.1 Å². The fourth-order valence-electron chi connectivity index (χ4n) is 4.44. The standard InChI is InChI=1S/C18H28N4O3S/c1-12-14(26-13(2)20-12)9-19-17(25)18-5-4-7-22(11-16(23)24)15(18)10-21(3)8-6-18/h15H,4-11H2,1-3H3,(H,19,25)(H,23,24)/t15-,18+/m0/s1. The number of piperidine rings is 2. The Morgan fingerprint density at radius 1 is 1.35 bits per heavy atom. The molecule has 8 heteroatoms. The van der Waals surface area contributed by atoms with Crippen molar-refractivity contribution in [2.24, 2.45) is 5.41 Å². The predicted molar refractivity (Wildman–Crippen MR) is 100 cm³/mol. The lowest BCUT2D eigenvalue weighted by molar-refractivity contribution is -0.151. The number of aliphatic carboxylic acids is 1. The fraction of sp³-hybridized carbons (Fsp3) is 0.722. The number of thiazole rings is 1. The zero-order valence-corrected chi connectivity index (χ0v) is 16.6. The molecule has 2 N–H and O–H groups in total. The number of carboxylic acid groups (broad SMARTS) is 1. The van der Waals surface area contributed by atoms with Crippen molar-refractivity contribution in [1.29, 1.82) is 0 Å². The van der Waals surface area contributed by atoms with E-state index in [4.69, 9.17) is 0 Å². The minimum absolute atomic E-state index is 0.000679. The van der Waals surface area contributed by atoms with Crippen LogP contribution in [0, 0.1) is 19.3 Å². The second-order valence-corrected chi connectivity index (χ2v) is 8.86. The topological polar surface area (TPSA) is 85.8 Å². The van der Waals surface area contributed by atoms with Crippen molar-refractivity contribution >= 4 is 23.2 Å². The first kappa shape index (κ1) is 19.3. The first-order valence-electron chi connectivity index (χ1n) is 9.17. The number of fused-ring (bicyclic) bond motifs is 1. The first-order valence-corrected chi connectivity index (χ1v) is 9.99. The number of rotatable bonds is 5. The van der Waals surface area contributed by atoms with Crippen LogP contribution in [0.2, 0.25) is 0 Å². The van der Waals surface area contributed by atoms with Gasteiger partial charge in [0.05, 0.1) is 29.2 Å². The lowest BCUT2D eigenvalue weighted by atomic mass is 9.67. The highest BCUT2D eigenvalue weighted by Crippen LogP contribution is 2.42. The summed E-state index contributed by atoms with van der Waals surface area (Å²) in [4.78, 5) is 34.3. The summed E-state index contributed by atoms with van der Waals surface area (Å²) in [5.41, 5.74) is 0.481. The summed E-state index contributed by atoms with van der Waals surface area (Å²) < 4.78 is 0. The van der Waals surface area contributed by atoms with Gasteiger partial charge < -0.3 is 15.3 Å². The maximum atomic E-state index is 13.3. The highest BCUT2D eigenvalue weighted by atomic mass is 32.1. The summed E-state index contributed by atoms with van der Waals surface area (Å²) in [6, 6.07) is -0.0459. The van der Waals surface area contributed by atoms with Crippen molar-refractivity contribution in [3.8, 4) is 0 Å². The Morgan fingerprint density at radius 2 is 2.12 bits per heavy atom. The molecular weight excluding hydrogens is 352 g/mol. The van der Waals surface area contributed by atoms with Gasteiger partial charge in [0.25, 0.3) is 0 Å². The van der Waals surface area contributed by atoms with E-state index in [0.29, 0.717) is 6.54 Å². The Kier molecular flexibility index (Phi) is 5.64. The monoisotopic (exact) mass is 380 g/mol. The van der Waals surface area contributed by atoms with Crippen LogP contribution in [0.5, 0.6) is 0 Å². The molecule has 2 fully saturated rings. The van der Waals surface area contributed by atoms with Crippen molar-refractivity contribution in [2.45, 2.75) is 45.7 Å². The van der Waals surface area contributed by atoms with Gasteiger partial charge in [-0.05, 0) is 53.2 Å². The number of nitrogens with one attached hydrogen (secondary N) is 1. The molecule has 1 aromatic heterocycles. The first-order chi connectivity index (χ1) is 12.3. The van der Waals surface area contributed by atoms with E-state index in [1.165, 1.54) is 0 Å². The van der Waals surface area contributed by atoms with Gasteiger partial charge in [-0.2, -0.15) is 0 Å². The molecule has 0 spiro atoms. The minimum Gasteiger partial charge on any atom is -0.480 e. The van der Waals surface area contributed by atoms with Crippen LogP contribution in [0.3, 0.4) is 0 Å². The summed E-state index contributed by atoms with van der Waals surface area (Å²) >= 11 is 1.62. The van der Waals surface area contributed by atoms with Crippen molar-refractivity contribution in [3.63, 3.8) is 0 Å². The van der Waals surface area contributed by atoms with Gasteiger partial charge in [-0.15, -0.1) is 11.3 Å². The van der Waals surface area contributed by atoms with E-state index in [-0.39, 0.29) is 18.5 Å². The van der Waals surface area contributed by atoms with Crippen LogP contribution in [-0.4, -0.2) is 71.0 Å². The average Bonchev–Trinajstić information content (AvgIpc) is 2.90. The Bertz CT molecular complexity index is 692. The van der Waals surface area contributed by atoms with Gasteiger partial charge in [0.2, 0.25) is 5.91 Å². The Hall–Kier alpha value is -1.51. The summed E-state index contributed by atoms with van der Waals surface area (Å²) in [5.74, 6) is -0.763. The van der Waals surface area contributed by atoms with E-state index in [2.05, 4.69) is 15.2 Å². The van der Waals surface area contributed by atoms with Gasteiger partial charge in [-0.1, -0.05) is 0 Å². The maximum absolute atomic E-state index is 13.3. The largest absolute Gasteiger partial charge is 0.480 e. The van der Waals surface area contributed by atoms with E-state index >= 15 is 0 Å². The number of hydrogen-bond acceptors (Lipinski definition) is 6. The van der Waals surface area contributed by atoms with E-state index in [1.54, 1.807) is 11.3 Å². The number of aromatic nitrogens is 1. The number of carboxylic acids is 1. The molecule has 144 valence electrons. The number of likely N-dealkylation sites (N-methyl/N-ethyl adjacent to an activating group) is 1. The van der Waals surface area contributed by atoms with Gasteiger partial charge in [-0.25, -0.2) is 4.98 Å². The molecule has 0 radical (unpaired) electrons. The molecule has 3 rings (SSSR count). The van der Waals surface area contributed by atoms with E-state index in [9.17, 15) is 14.7 Å². The van der Waals surface area contributed by atoms with Gasteiger partial charge in [0.1, 0.15) is 0 Å². The summed E-state index contributed by atoms with van der Waals surface area (Å²) in [5, 5.41) is 13.4. The summed E-state index contributed by atoms with van der Waals surface area (Å²) in [6.07, 6.45) is 2.46. The number of carbonyl (C=O) groups excluding carboxylic acids is 1. The van der Waals surface area contributed by atoms with E-state index < -0.39 is 11.4 Å². The quantitative estimate of drug-likeness (QED) is 0.800. The molecule has 0 aliphatic carbocycles. The normalized spacial score (nSPS) is 27.1. The molecule has 2 aliphatic heterocycles. The fourth-order valence-corrected chi connectivity index (χ4v) is 5.32. The van der Waals surface area contributed by atoms with E-state index in [0.717, 1.165) is 54.5 Å². The van der Waals surface area contributed by atoms with Gasteiger partial charge in [0.15, 0.2) is 0 Å². The van der Waals surface area contributed by atoms with Crippen LogP contribution >= 0.6 is 11.3 Å². The molecule has 0 unspecified atom stereocenters. The molecule has 3 heterocycles. The van der Waals surface area contributed by atoms with Gasteiger partial charge in [0, 0.05) is 17.5 Å². The number of nitrogens with zero attached hydrogens (tertiary/aromatic N) is 3. The minimum atomic E-state index is -0.829. The van der Waals surface area contributed by atoms with Crippen molar-refractivity contribution in [2.75, 3.05) is 33.2 Å². The van der Waals surface area contributed by atoms with Crippen LogP contribution in [-0.2, 0) is 16.1 Å². The Morgan fingerprint density at radius 3 is 2.77 bits per heavy atom. The SMILES string of the molecule is Cc1nc(C)c(CNC(=O)[C@@]23CCCN(CC(=O)O)[C@H]2CN(C)CC3)s1. The van der Waals surface area contributed by atoms with E-state index in [1.807, 2.05) is 25.8 Å². The molecular formula is C18H28N4O3S. The molecule has 1 aromatic rings. The molecule has 1 amide bonds. The van der Waals surface area contributed by atoms with Crippen LogP contribution in [0.4, 0.5) is 0 Å². The lowest BCUT2D eigenvalue weighted by Gasteiger charge is -2.53. The zero-order valence-electron chi connectivity index (χ0n) is 15.7. The third kappa shape index (κ3) is 3.77. The summed E-state index contributed by atoms with van der Waals surface area (Å²) in [7, 11) is 2.04. The number of likely N-dealkylation sites (tertiary alicyclic amines) is 2. The van der Waals surface area contributed by atoms with Gasteiger partial charge >= 0.3 is 5.97 Å². The van der Waals surface area contributed by atoms with Crippen LogP contribution in [0.15, 0.2) is 0 Å². The Labute approximate surface area is 158 Å². The molecule has 7 nitrogen and oxygen atoms in total. The second kappa shape index (κ2) is 7.62. The Balaban J connectivity index is 1.78. The zero-order chi connectivity index (χ0) is 18.9. The van der Waals surface area contributed by atoms with Crippen LogP contribution in [0.1, 0.15) is 34.8 Å². The third-order valence-corrected chi connectivity index (χ3v) is 6.84. The highest BCUT2D eigenvalue weighted by molar-refractivity contribution is 7.11. The number of carbonyl (C=O) groups is 2. The average molecular weight is 381 g/mol. The second-order valence-electron chi connectivity index (χ2n) is 7.58. The van der Waals surface area contributed by atoms with Crippen LogP contribution < -0.4 is 5.32 Å². The molecule has 0 bridgehead atoms. The van der Waals surface area contributed by atoms with Crippen LogP contribution in [0.25, 0.3) is 0 Å². The lowest BCUT2D eigenvalue weighted by Crippen LogP contribution is -2.65. The number of amides is 1. The molecule has 0 saturated carbocycles. The van der Waals surface area contributed by atoms with Gasteiger partial charge in [-0.3, -0.25) is 14.5 Å². The summed E-state index contributed by atoms with van der Waals surface area (Å²) in [6.45, 7) is 6.78. The molecule has 26 heavy (non-hydrogen) atoms. The van der Waals surface area contributed by atoms with Crippen molar-refractivity contribution in [3.05, 3.63) is 15.6 Å². The molecule has 0 aromatic carbocycles. The smallest absolute Gasteiger partial charge is 0.317 e. The number of hydrogen-bond donors (Lipinski definition) is 2. The molecule has 2 saturated heterocycles. The third-order valence-electron chi connectivity index (χ3n) is 5.77. The number of aryl methyl sites for hydroxylation is 2. The molecule has 2 aliphatic rings. The molecule has 2 atom stereocenters. The van der Waals surface area contributed by atoms with Crippen molar-refractivity contribution < 1.29 is 14.7 Å². The highest BCUT2D eigenvalue weighted by Gasteiger charge is 2.52.